The van der Waals surface area contributed by atoms with Gasteiger partial charge in [-0.05, 0) is 43.7 Å². The highest BCUT2D eigenvalue weighted by Crippen LogP contribution is 2.18. The van der Waals surface area contributed by atoms with Crippen molar-refractivity contribution >= 4 is 16.9 Å². The van der Waals surface area contributed by atoms with Crippen LogP contribution in [0.15, 0.2) is 41.5 Å². The van der Waals surface area contributed by atoms with Crippen LogP contribution in [0.5, 0.6) is 0 Å². The summed E-state index contributed by atoms with van der Waals surface area (Å²) in [6, 6.07) is 11.3. The van der Waals surface area contributed by atoms with E-state index in [1.165, 1.54) is 23.7 Å². The minimum Gasteiger partial charge on any atom is -0.357 e. The highest BCUT2D eigenvalue weighted by molar-refractivity contribution is 5.80. The van der Waals surface area contributed by atoms with E-state index in [2.05, 4.69) is 63.6 Å². The molecule has 4 nitrogen and oxygen atoms in total. The number of aryl methyl sites for hydroxylation is 1. The number of aliphatic imine (C=N–C) groups is 1. The number of aromatic nitrogens is 1. The monoisotopic (exact) mass is 284 g/mol. The Kier molecular flexibility index (Phi) is 4.43. The maximum Gasteiger partial charge on any atom is 0.191 e. The lowest BCUT2D eigenvalue weighted by Gasteiger charge is -2.10. The fraction of sp³-hybridized carbons (Fsp3) is 0.471. The summed E-state index contributed by atoms with van der Waals surface area (Å²) in [7, 11) is 0. The van der Waals surface area contributed by atoms with Crippen molar-refractivity contribution < 1.29 is 0 Å². The molecule has 2 aromatic rings. The molecule has 4 heteroatoms. The third kappa shape index (κ3) is 3.78. The number of nitrogens with zero attached hydrogens (tertiary/aromatic N) is 2. The van der Waals surface area contributed by atoms with Crippen LogP contribution < -0.4 is 10.6 Å². The van der Waals surface area contributed by atoms with Crippen molar-refractivity contribution in [3.63, 3.8) is 0 Å². The average molecular weight is 284 g/mol. The minimum absolute atomic E-state index is 0.649. The molecule has 112 valence electrons. The lowest BCUT2D eigenvalue weighted by molar-refractivity contribution is 0.666. The van der Waals surface area contributed by atoms with E-state index in [4.69, 9.17) is 0 Å². The van der Waals surface area contributed by atoms with E-state index in [9.17, 15) is 0 Å². The van der Waals surface area contributed by atoms with Crippen LogP contribution in [-0.2, 0) is 6.54 Å². The van der Waals surface area contributed by atoms with E-state index < -0.39 is 0 Å². The van der Waals surface area contributed by atoms with Crippen molar-refractivity contribution in [1.82, 2.24) is 15.2 Å². The molecular weight excluding hydrogens is 260 g/mol. The Morgan fingerprint density at radius 3 is 2.95 bits per heavy atom. The van der Waals surface area contributed by atoms with Crippen molar-refractivity contribution in [3.8, 4) is 0 Å². The maximum atomic E-state index is 4.65. The molecule has 3 rings (SSSR count). The van der Waals surface area contributed by atoms with Gasteiger partial charge in [-0.15, -0.1) is 0 Å². The summed E-state index contributed by atoms with van der Waals surface area (Å²) >= 11 is 0. The summed E-state index contributed by atoms with van der Waals surface area (Å²) in [6.45, 7) is 4.89. The van der Waals surface area contributed by atoms with E-state index in [1.54, 1.807) is 0 Å². The van der Waals surface area contributed by atoms with Crippen LogP contribution in [0.3, 0.4) is 0 Å². The second kappa shape index (κ2) is 6.66. The molecular formula is C17H24N4. The molecule has 21 heavy (non-hydrogen) atoms. The maximum absolute atomic E-state index is 4.65. The zero-order chi connectivity index (χ0) is 14.5. The van der Waals surface area contributed by atoms with Gasteiger partial charge in [-0.3, -0.25) is 4.99 Å². The third-order valence-corrected chi connectivity index (χ3v) is 3.77. The zero-order valence-electron chi connectivity index (χ0n) is 12.7. The van der Waals surface area contributed by atoms with E-state index in [-0.39, 0.29) is 0 Å². The molecule has 0 saturated heterocycles. The van der Waals surface area contributed by atoms with Gasteiger partial charge in [0.05, 0.1) is 0 Å². The van der Waals surface area contributed by atoms with Crippen molar-refractivity contribution in [2.24, 2.45) is 4.99 Å². The van der Waals surface area contributed by atoms with Crippen LogP contribution in [0, 0.1) is 0 Å². The van der Waals surface area contributed by atoms with Gasteiger partial charge in [-0.1, -0.05) is 18.2 Å². The van der Waals surface area contributed by atoms with Gasteiger partial charge >= 0.3 is 0 Å². The van der Waals surface area contributed by atoms with Gasteiger partial charge < -0.3 is 15.2 Å². The molecule has 0 bridgehead atoms. The van der Waals surface area contributed by atoms with Gasteiger partial charge in [0.2, 0.25) is 0 Å². The Morgan fingerprint density at radius 2 is 2.14 bits per heavy atom. The Bertz CT molecular complexity index is 610. The fourth-order valence-electron chi connectivity index (χ4n) is 2.51. The normalized spacial score (nSPS) is 15.4. The van der Waals surface area contributed by atoms with E-state index in [1.807, 2.05) is 0 Å². The second-order valence-electron chi connectivity index (χ2n) is 5.60. The lowest BCUT2D eigenvalue weighted by atomic mass is 10.2. The van der Waals surface area contributed by atoms with Crippen LogP contribution in [0.2, 0.25) is 0 Å². The topological polar surface area (TPSA) is 41.4 Å². The SMILES string of the molecule is CCNC(=NCCCn1ccc2ccccc21)NC1CC1. The minimum atomic E-state index is 0.649. The van der Waals surface area contributed by atoms with Crippen LogP contribution in [0.4, 0.5) is 0 Å². The summed E-state index contributed by atoms with van der Waals surface area (Å²) in [5.74, 6) is 0.970. The summed E-state index contributed by atoms with van der Waals surface area (Å²) in [5.41, 5.74) is 1.31. The van der Waals surface area contributed by atoms with Crippen molar-refractivity contribution in [1.29, 1.82) is 0 Å². The van der Waals surface area contributed by atoms with Gasteiger partial charge in [0.15, 0.2) is 5.96 Å². The molecule has 1 heterocycles. The molecule has 1 saturated carbocycles. The zero-order valence-corrected chi connectivity index (χ0v) is 12.7. The predicted octanol–water partition coefficient (Wildman–Crippen LogP) is 2.75. The first kappa shape index (κ1) is 14.0. The van der Waals surface area contributed by atoms with E-state index in [0.29, 0.717) is 6.04 Å². The number of guanidine groups is 1. The number of benzene rings is 1. The van der Waals surface area contributed by atoms with E-state index in [0.717, 1.165) is 32.0 Å². The number of hydrogen-bond donors (Lipinski definition) is 2. The molecule has 2 N–H and O–H groups in total. The highest BCUT2D eigenvalue weighted by Gasteiger charge is 2.21. The first-order valence-corrected chi connectivity index (χ1v) is 7.95. The van der Waals surface area contributed by atoms with Gasteiger partial charge in [0.1, 0.15) is 0 Å². The van der Waals surface area contributed by atoms with Gasteiger partial charge in [-0.2, -0.15) is 0 Å². The fourth-order valence-corrected chi connectivity index (χ4v) is 2.51. The number of rotatable bonds is 6. The Labute approximate surface area is 126 Å². The summed E-state index contributed by atoms with van der Waals surface area (Å²) in [4.78, 5) is 4.65. The number of nitrogens with one attached hydrogen (secondary N) is 2. The predicted molar refractivity (Wildman–Crippen MR) is 88.7 cm³/mol. The standard InChI is InChI=1S/C17H24N4/c1-2-18-17(20-15-8-9-15)19-11-5-12-21-13-10-14-6-3-4-7-16(14)21/h3-4,6-7,10,13,15H,2,5,8-9,11-12H2,1H3,(H2,18,19,20). The molecule has 0 radical (unpaired) electrons. The molecule has 0 amide bonds. The number of para-hydroxylation sites is 1. The van der Waals surface area contributed by atoms with Gasteiger partial charge in [-0.25, -0.2) is 0 Å². The molecule has 1 aliphatic carbocycles. The molecule has 1 aromatic carbocycles. The van der Waals surface area contributed by atoms with Crippen molar-refractivity contribution in [2.75, 3.05) is 13.1 Å². The molecule has 1 aliphatic rings. The smallest absolute Gasteiger partial charge is 0.191 e. The number of hydrogen-bond acceptors (Lipinski definition) is 1. The molecule has 0 spiro atoms. The summed E-state index contributed by atoms with van der Waals surface area (Å²) in [5, 5.41) is 8.07. The first-order valence-electron chi connectivity index (χ1n) is 7.95. The average Bonchev–Trinajstić information content (AvgIpc) is 3.22. The molecule has 0 aliphatic heterocycles. The molecule has 0 atom stereocenters. The van der Waals surface area contributed by atoms with Crippen LogP contribution in [-0.4, -0.2) is 29.7 Å². The van der Waals surface area contributed by atoms with Crippen molar-refractivity contribution in [2.45, 2.75) is 38.8 Å². The lowest BCUT2D eigenvalue weighted by Crippen LogP contribution is -2.38. The van der Waals surface area contributed by atoms with Crippen molar-refractivity contribution in [3.05, 3.63) is 36.5 Å². The highest BCUT2D eigenvalue weighted by atomic mass is 15.2. The largest absolute Gasteiger partial charge is 0.357 e. The second-order valence-corrected chi connectivity index (χ2v) is 5.60. The Hall–Kier alpha value is -1.97. The Balaban J connectivity index is 1.52. The molecule has 1 aromatic heterocycles. The summed E-state index contributed by atoms with van der Waals surface area (Å²) < 4.78 is 2.31. The van der Waals surface area contributed by atoms with E-state index >= 15 is 0 Å². The van der Waals surface area contributed by atoms with Crippen LogP contribution >= 0.6 is 0 Å². The molecule has 1 fully saturated rings. The third-order valence-electron chi connectivity index (χ3n) is 3.77. The quantitative estimate of drug-likeness (QED) is 0.486. The number of fused-ring (bicyclic) bond motifs is 1. The van der Waals surface area contributed by atoms with Crippen LogP contribution in [0.25, 0.3) is 10.9 Å². The Morgan fingerprint density at radius 1 is 1.29 bits per heavy atom. The summed E-state index contributed by atoms with van der Waals surface area (Å²) in [6.07, 6.45) is 5.78. The van der Waals surface area contributed by atoms with Gasteiger partial charge in [0.25, 0.3) is 0 Å². The first-order chi connectivity index (χ1) is 10.4. The van der Waals surface area contributed by atoms with Crippen LogP contribution in [0.1, 0.15) is 26.2 Å². The van der Waals surface area contributed by atoms with Gasteiger partial charge in [0, 0.05) is 37.4 Å². The molecule has 0 unspecified atom stereocenters.